The fourth-order valence-electron chi connectivity index (χ4n) is 3.52. The van der Waals surface area contributed by atoms with Crippen molar-refractivity contribution in [1.29, 1.82) is 0 Å². The van der Waals surface area contributed by atoms with Crippen LogP contribution in [0.1, 0.15) is 23.6 Å². The molecule has 3 saturated heterocycles. The van der Waals surface area contributed by atoms with Crippen molar-refractivity contribution < 1.29 is 0 Å². The van der Waals surface area contributed by atoms with Crippen molar-refractivity contribution in [2.75, 3.05) is 19.6 Å². The van der Waals surface area contributed by atoms with Crippen LogP contribution in [0, 0.1) is 5.92 Å². The number of piperidine rings is 3. The average molecular weight is 314 g/mol. The van der Waals surface area contributed by atoms with Crippen molar-refractivity contribution in [2.45, 2.75) is 18.8 Å². The van der Waals surface area contributed by atoms with E-state index in [1.807, 2.05) is 17.4 Å². The lowest BCUT2D eigenvalue weighted by Crippen LogP contribution is -2.45. The number of hydrogen-bond acceptors (Lipinski definition) is 2. The highest BCUT2D eigenvalue weighted by Gasteiger charge is 2.35. The van der Waals surface area contributed by atoms with Crippen molar-refractivity contribution in [3.8, 4) is 0 Å². The molecule has 4 heteroatoms. The fraction of sp³-hybridized carbons (Fsp3) is 0.467. The van der Waals surface area contributed by atoms with Gasteiger partial charge < -0.3 is 4.90 Å². The second-order valence-electron chi connectivity index (χ2n) is 5.55. The molecule has 0 unspecified atom stereocenters. The molecule has 0 amide bonds. The second-order valence-corrected chi connectivity index (χ2v) is 7.04. The molecule has 2 aromatic rings. The van der Waals surface area contributed by atoms with Gasteiger partial charge in [-0.3, -0.25) is 0 Å². The summed E-state index contributed by atoms with van der Waals surface area (Å²) >= 11 is 8.20. The van der Waals surface area contributed by atoms with Crippen LogP contribution in [-0.2, 0) is 0 Å². The number of hydrogen-bond donors (Lipinski definition) is 0. The zero-order chi connectivity index (χ0) is 12.1. The maximum Gasteiger partial charge on any atom is 0.0584 e. The van der Waals surface area contributed by atoms with E-state index in [-0.39, 0.29) is 12.4 Å². The minimum Gasteiger partial charge on any atom is -0.303 e. The van der Waals surface area contributed by atoms with Gasteiger partial charge in [0.15, 0.2) is 0 Å². The monoisotopic (exact) mass is 313 g/mol. The third-order valence-corrected chi connectivity index (χ3v) is 6.28. The van der Waals surface area contributed by atoms with Crippen LogP contribution < -0.4 is 0 Å². The van der Waals surface area contributed by atoms with E-state index in [1.54, 1.807) is 4.88 Å². The SMILES string of the molecule is Cl.Clc1cccc2cc([C@H]3CN4CCC3CC4)sc12. The molecule has 1 atom stereocenters. The lowest BCUT2D eigenvalue weighted by molar-refractivity contribution is 0.0885. The van der Waals surface area contributed by atoms with Gasteiger partial charge in [0.25, 0.3) is 0 Å². The van der Waals surface area contributed by atoms with Gasteiger partial charge in [-0.1, -0.05) is 23.7 Å². The highest BCUT2D eigenvalue weighted by Crippen LogP contribution is 2.44. The van der Waals surface area contributed by atoms with Crippen molar-refractivity contribution in [3.05, 3.63) is 34.2 Å². The van der Waals surface area contributed by atoms with Crippen LogP contribution in [0.15, 0.2) is 24.3 Å². The summed E-state index contributed by atoms with van der Waals surface area (Å²) in [6.45, 7) is 3.88. The van der Waals surface area contributed by atoms with E-state index in [0.717, 1.165) is 16.9 Å². The summed E-state index contributed by atoms with van der Waals surface area (Å²) in [4.78, 5) is 4.17. The third-order valence-electron chi connectivity index (χ3n) is 4.54. The molecule has 1 aromatic heterocycles. The molecular formula is C15H17Cl2NS. The molecule has 3 aliphatic heterocycles. The highest BCUT2D eigenvalue weighted by atomic mass is 35.5. The van der Waals surface area contributed by atoms with E-state index in [4.69, 9.17) is 11.6 Å². The van der Waals surface area contributed by atoms with Gasteiger partial charge in [-0.2, -0.15) is 0 Å². The van der Waals surface area contributed by atoms with Gasteiger partial charge in [-0.15, -0.1) is 23.7 Å². The van der Waals surface area contributed by atoms with Gasteiger partial charge in [0.2, 0.25) is 0 Å². The van der Waals surface area contributed by atoms with Crippen molar-refractivity contribution in [3.63, 3.8) is 0 Å². The van der Waals surface area contributed by atoms with E-state index in [1.165, 1.54) is 42.6 Å². The number of halogens is 2. The first kappa shape index (κ1) is 13.7. The second kappa shape index (κ2) is 5.25. The van der Waals surface area contributed by atoms with E-state index < -0.39 is 0 Å². The van der Waals surface area contributed by atoms with Crippen LogP contribution in [0.5, 0.6) is 0 Å². The standard InChI is InChI=1S/C15H16ClNS.ClH/c16-13-3-1-2-11-8-14(18-15(11)13)12-9-17-6-4-10(12)5-7-17;/h1-3,8,10,12H,4-7,9H2;1H/t12-;/m0./s1. The predicted molar refractivity (Wildman–Crippen MR) is 86.0 cm³/mol. The molecule has 102 valence electrons. The molecule has 4 heterocycles. The Balaban J connectivity index is 0.00000110. The molecule has 1 aromatic carbocycles. The highest BCUT2D eigenvalue weighted by molar-refractivity contribution is 7.19. The largest absolute Gasteiger partial charge is 0.303 e. The Kier molecular flexibility index (Phi) is 3.78. The van der Waals surface area contributed by atoms with Gasteiger partial charge in [0.05, 0.1) is 9.72 Å². The first-order chi connectivity index (χ1) is 8.81. The summed E-state index contributed by atoms with van der Waals surface area (Å²) in [6, 6.07) is 8.61. The van der Waals surface area contributed by atoms with E-state index in [2.05, 4.69) is 23.1 Å². The molecule has 0 N–H and O–H groups in total. The van der Waals surface area contributed by atoms with Crippen LogP contribution in [0.3, 0.4) is 0 Å². The quantitative estimate of drug-likeness (QED) is 0.732. The molecule has 0 saturated carbocycles. The zero-order valence-electron chi connectivity index (χ0n) is 10.6. The molecule has 3 aliphatic rings. The van der Waals surface area contributed by atoms with E-state index in [0.29, 0.717) is 0 Å². The fourth-order valence-corrected chi connectivity index (χ4v) is 5.07. The smallest absolute Gasteiger partial charge is 0.0584 e. The normalized spacial score (nSPS) is 29.4. The lowest BCUT2D eigenvalue weighted by Gasteiger charge is -2.44. The Morgan fingerprint density at radius 1 is 1.21 bits per heavy atom. The number of thiophene rings is 1. The van der Waals surface area contributed by atoms with Gasteiger partial charge >= 0.3 is 0 Å². The first-order valence-corrected chi connectivity index (χ1v) is 7.91. The van der Waals surface area contributed by atoms with Gasteiger partial charge in [-0.05, 0) is 49.4 Å². The molecule has 0 aliphatic carbocycles. The molecule has 0 radical (unpaired) electrons. The number of nitrogens with zero attached hydrogens (tertiary/aromatic N) is 1. The summed E-state index contributed by atoms with van der Waals surface area (Å²) in [6.07, 6.45) is 2.76. The topological polar surface area (TPSA) is 3.24 Å². The summed E-state index contributed by atoms with van der Waals surface area (Å²) in [5.74, 6) is 1.66. The van der Waals surface area contributed by atoms with Crippen molar-refractivity contribution in [2.24, 2.45) is 5.92 Å². The van der Waals surface area contributed by atoms with Gasteiger partial charge in [-0.25, -0.2) is 0 Å². The maximum atomic E-state index is 6.29. The Bertz CT molecular complexity index is 587. The van der Waals surface area contributed by atoms with Crippen molar-refractivity contribution >= 4 is 45.4 Å². The first-order valence-electron chi connectivity index (χ1n) is 6.71. The van der Waals surface area contributed by atoms with Crippen LogP contribution in [0.4, 0.5) is 0 Å². The molecule has 0 spiro atoms. The Morgan fingerprint density at radius 3 is 2.63 bits per heavy atom. The molecule has 5 rings (SSSR count). The number of fused-ring (bicyclic) bond motifs is 4. The lowest BCUT2D eigenvalue weighted by atomic mass is 9.78. The third kappa shape index (κ3) is 2.29. The maximum absolute atomic E-state index is 6.29. The number of benzene rings is 1. The van der Waals surface area contributed by atoms with Gasteiger partial charge in [0.1, 0.15) is 0 Å². The number of rotatable bonds is 1. The molecule has 1 nitrogen and oxygen atoms in total. The van der Waals surface area contributed by atoms with Gasteiger partial charge in [0, 0.05) is 17.3 Å². The predicted octanol–water partition coefficient (Wildman–Crippen LogP) is 4.79. The summed E-state index contributed by atoms with van der Waals surface area (Å²) < 4.78 is 1.27. The van der Waals surface area contributed by atoms with Crippen LogP contribution in [-0.4, -0.2) is 24.5 Å². The van der Waals surface area contributed by atoms with E-state index >= 15 is 0 Å². The Hall–Kier alpha value is -0.280. The minimum absolute atomic E-state index is 0. The minimum atomic E-state index is 0. The van der Waals surface area contributed by atoms with E-state index in [9.17, 15) is 0 Å². The molecular weight excluding hydrogens is 297 g/mol. The summed E-state index contributed by atoms with van der Waals surface area (Å²) in [5.41, 5.74) is 0. The zero-order valence-corrected chi connectivity index (χ0v) is 13.0. The molecule has 2 bridgehead atoms. The van der Waals surface area contributed by atoms with Crippen LogP contribution >= 0.6 is 35.3 Å². The van der Waals surface area contributed by atoms with Crippen molar-refractivity contribution in [1.82, 2.24) is 4.90 Å². The Morgan fingerprint density at radius 2 is 2.00 bits per heavy atom. The van der Waals surface area contributed by atoms with Crippen LogP contribution in [0.2, 0.25) is 5.02 Å². The van der Waals surface area contributed by atoms with Crippen LogP contribution in [0.25, 0.3) is 10.1 Å². The summed E-state index contributed by atoms with van der Waals surface area (Å²) in [7, 11) is 0. The average Bonchev–Trinajstić information content (AvgIpc) is 2.85. The summed E-state index contributed by atoms with van der Waals surface area (Å²) in [5, 5.41) is 2.23. The molecule has 3 fully saturated rings. The Labute approximate surface area is 129 Å². The molecule has 19 heavy (non-hydrogen) atoms.